The van der Waals surface area contributed by atoms with Gasteiger partial charge in [-0.05, 0) is 42.4 Å². The lowest BCUT2D eigenvalue weighted by Gasteiger charge is -2.38. The average molecular weight is 266 g/mol. The van der Waals surface area contributed by atoms with E-state index in [1.54, 1.807) is 0 Å². The van der Waals surface area contributed by atoms with E-state index >= 15 is 0 Å². The van der Waals surface area contributed by atoms with E-state index in [1.165, 1.54) is 12.8 Å². The van der Waals surface area contributed by atoms with Crippen molar-refractivity contribution in [3.8, 4) is 0 Å². The minimum absolute atomic E-state index is 0.0264. The Kier molecular flexibility index (Phi) is 3.88. The molecule has 19 heavy (non-hydrogen) atoms. The molecular formula is C15H26N2O2. The molecule has 0 radical (unpaired) electrons. The van der Waals surface area contributed by atoms with Gasteiger partial charge in [-0.3, -0.25) is 9.59 Å². The fraction of sp³-hybridized carbons (Fsp3) is 0.867. The molecule has 0 aromatic carbocycles. The van der Waals surface area contributed by atoms with Crippen molar-refractivity contribution in [2.24, 2.45) is 34.8 Å². The molecule has 0 bridgehead atoms. The number of primary amides is 1. The molecule has 4 nitrogen and oxygen atoms in total. The van der Waals surface area contributed by atoms with E-state index in [-0.39, 0.29) is 23.8 Å². The first-order valence-corrected chi connectivity index (χ1v) is 7.43. The molecule has 3 N–H and O–H groups in total. The van der Waals surface area contributed by atoms with Crippen LogP contribution < -0.4 is 11.1 Å². The number of rotatable bonds is 4. The molecular weight excluding hydrogens is 240 g/mol. The van der Waals surface area contributed by atoms with Gasteiger partial charge in [-0.2, -0.15) is 0 Å². The zero-order valence-electron chi connectivity index (χ0n) is 12.2. The fourth-order valence-corrected chi connectivity index (χ4v) is 4.26. The highest BCUT2D eigenvalue weighted by Gasteiger charge is 2.63. The van der Waals surface area contributed by atoms with Crippen LogP contribution in [0.1, 0.15) is 46.5 Å². The van der Waals surface area contributed by atoms with Gasteiger partial charge in [0.25, 0.3) is 0 Å². The summed E-state index contributed by atoms with van der Waals surface area (Å²) < 4.78 is 0. The van der Waals surface area contributed by atoms with E-state index in [0.29, 0.717) is 17.8 Å². The second kappa shape index (κ2) is 5.14. The molecule has 2 aliphatic rings. The summed E-state index contributed by atoms with van der Waals surface area (Å²) in [4.78, 5) is 22.9. The van der Waals surface area contributed by atoms with Gasteiger partial charge in [-0.15, -0.1) is 0 Å². The summed E-state index contributed by atoms with van der Waals surface area (Å²) in [7, 11) is 0. The Morgan fingerprint density at radius 3 is 2.58 bits per heavy atom. The van der Waals surface area contributed by atoms with Crippen LogP contribution in [-0.4, -0.2) is 18.4 Å². The number of hydrogen-bond donors (Lipinski definition) is 2. The second-order valence-corrected chi connectivity index (χ2v) is 6.91. The second-order valence-electron chi connectivity index (χ2n) is 6.91. The van der Waals surface area contributed by atoms with E-state index in [4.69, 9.17) is 5.73 Å². The third-order valence-corrected chi connectivity index (χ3v) is 5.11. The number of nitrogens with one attached hydrogen (secondary N) is 1. The number of nitrogens with two attached hydrogens (primary N) is 1. The third kappa shape index (κ3) is 2.77. The molecule has 4 atom stereocenters. The van der Waals surface area contributed by atoms with Crippen LogP contribution in [-0.2, 0) is 9.59 Å². The number of amides is 2. The SMILES string of the molecule is CC(C)[C@@H]1CC[C@@H](C)CC12CC2C(=O)NCC(N)=O. The van der Waals surface area contributed by atoms with Crippen molar-refractivity contribution in [2.45, 2.75) is 46.5 Å². The van der Waals surface area contributed by atoms with Crippen molar-refractivity contribution in [1.82, 2.24) is 5.32 Å². The summed E-state index contributed by atoms with van der Waals surface area (Å²) in [6.45, 7) is 6.78. The van der Waals surface area contributed by atoms with Gasteiger partial charge in [-0.25, -0.2) is 0 Å². The molecule has 1 spiro atoms. The smallest absolute Gasteiger partial charge is 0.236 e. The summed E-state index contributed by atoms with van der Waals surface area (Å²) in [5.74, 6) is 1.64. The lowest BCUT2D eigenvalue weighted by molar-refractivity contribution is -0.126. The van der Waals surface area contributed by atoms with Gasteiger partial charge >= 0.3 is 0 Å². The fourth-order valence-electron chi connectivity index (χ4n) is 4.26. The molecule has 2 fully saturated rings. The Balaban J connectivity index is 2.02. The molecule has 0 saturated heterocycles. The maximum atomic E-state index is 12.1. The predicted molar refractivity (Wildman–Crippen MR) is 74.1 cm³/mol. The first kappa shape index (κ1) is 14.4. The van der Waals surface area contributed by atoms with E-state index < -0.39 is 5.91 Å². The predicted octanol–water partition coefficient (Wildman–Crippen LogP) is 1.69. The van der Waals surface area contributed by atoms with Crippen LogP contribution >= 0.6 is 0 Å². The molecule has 2 aliphatic carbocycles. The van der Waals surface area contributed by atoms with Crippen molar-refractivity contribution in [1.29, 1.82) is 0 Å². The molecule has 108 valence electrons. The normalized spacial score (nSPS) is 37.4. The molecule has 0 heterocycles. The lowest BCUT2D eigenvalue weighted by atomic mass is 9.66. The van der Waals surface area contributed by atoms with Gasteiger partial charge in [-0.1, -0.05) is 27.2 Å². The van der Waals surface area contributed by atoms with Crippen molar-refractivity contribution in [3.63, 3.8) is 0 Å². The Labute approximate surface area is 115 Å². The van der Waals surface area contributed by atoms with Crippen LogP contribution in [0.25, 0.3) is 0 Å². The Morgan fingerprint density at radius 2 is 2.00 bits per heavy atom. The van der Waals surface area contributed by atoms with Gasteiger partial charge < -0.3 is 11.1 Å². The standard InChI is InChI=1S/C15H26N2O2/c1-9(2)11-5-4-10(3)6-15(11)7-12(15)14(19)17-8-13(16)18/h9-12H,4-8H2,1-3H3,(H2,16,18)(H,17,19)/t10-,11+,12?,15?/m1/s1. The van der Waals surface area contributed by atoms with Crippen LogP contribution in [0.2, 0.25) is 0 Å². The summed E-state index contributed by atoms with van der Waals surface area (Å²) in [5.41, 5.74) is 5.28. The van der Waals surface area contributed by atoms with Gasteiger partial charge in [0, 0.05) is 5.92 Å². The number of carbonyl (C=O) groups is 2. The lowest BCUT2D eigenvalue weighted by Crippen LogP contribution is -2.38. The highest BCUT2D eigenvalue weighted by molar-refractivity contribution is 5.87. The third-order valence-electron chi connectivity index (χ3n) is 5.11. The van der Waals surface area contributed by atoms with Gasteiger partial charge in [0.2, 0.25) is 11.8 Å². The number of hydrogen-bond acceptors (Lipinski definition) is 2. The van der Waals surface area contributed by atoms with Gasteiger partial charge in [0.15, 0.2) is 0 Å². The van der Waals surface area contributed by atoms with E-state index in [1.807, 2.05) is 0 Å². The first-order chi connectivity index (χ1) is 8.86. The number of carbonyl (C=O) groups excluding carboxylic acids is 2. The maximum Gasteiger partial charge on any atom is 0.236 e. The van der Waals surface area contributed by atoms with Crippen LogP contribution in [0.4, 0.5) is 0 Å². The Hall–Kier alpha value is -1.06. The minimum Gasteiger partial charge on any atom is -0.368 e. The monoisotopic (exact) mass is 266 g/mol. The molecule has 2 rings (SSSR count). The van der Waals surface area contributed by atoms with E-state index in [2.05, 4.69) is 26.1 Å². The zero-order valence-corrected chi connectivity index (χ0v) is 12.2. The molecule has 0 aromatic heterocycles. The highest BCUT2D eigenvalue weighted by atomic mass is 16.2. The highest BCUT2D eigenvalue weighted by Crippen LogP contribution is 2.66. The van der Waals surface area contributed by atoms with Crippen molar-refractivity contribution in [3.05, 3.63) is 0 Å². The Bertz CT molecular complexity index is 380. The molecule has 2 saturated carbocycles. The van der Waals surface area contributed by atoms with E-state index in [9.17, 15) is 9.59 Å². The summed E-state index contributed by atoms with van der Waals surface area (Å²) >= 11 is 0. The van der Waals surface area contributed by atoms with Crippen molar-refractivity contribution >= 4 is 11.8 Å². The van der Waals surface area contributed by atoms with Crippen LogP contribution in [0, 0.1) is 29.1 Å². The molecule has 0 aliphatic heterocycles. The van der Waals surface area contributed by atoms with Crippen LogP contribution in [0.15, 0.2) is 0 Å². The quantitative estimate of drug-likeness (QED) is 0.812. The molecule has 4 heteroatoms. The molecule has 0 aromatic rings. The van der Waals surface area contributed by atoms with Gasteiger partial charge in [0.1, 0.15) is 0 Å². The molecule has 2 amide bonds. The minimum atomic E-state index is -0.472. The van der Waals surface area contributed by atoms with Crippen LogP contribution in [0.5, 0.6) is 0 Å². The zero-order chi connectivity index (χ0) is 14.2. The van der Waals surface area contributed by atoms with Crippen molar-refractivity contribution < 1.29 is 9.59 Å². The Morgan fingerprint density at radius 1 is 1.32 bits per heavy atom. The van der Waals surface area contributed by atoms with Crippen LogP contribution in [0.3, 0.4) is 0 Å². The topological polar surface area (TPSA) is 72.2 Å². The largest absolute Gasteiger partial charge is 0.368 e. The summed E-state index contributed by atoms with van der Waals surface area (Å²) in [6, 6.07) is 0. The summed E-state index contributed by atoms with van der Waals surface area (Å²) in [6.07, 6.45) is 4.66. The average Bonchev–Trinajstić information content (AvgIpc) is 2.99. The van der Waals surface area contributed by atoms with Gasteiger partial charge in [0.05, 0.1) is 6.54 Å². The first-order valence-electron chi connectivity index (χ1n) is 7.43. The van der Waals surface area contributed by atoms with E-state index in [0.717, 1.165) is 12.8 Å². The molecule has 2 unspecified atom stereocenters. The van der Waals surface area contributed by atoms with Crippen molar-refractivity contribution in [2.75, 3.05) is 6.54 Å². The summed E-state index contributed by atoms with van der Waals surface area (Å²) in [5, 5.41) is 2.68. The maximum absolute atomic E-state index is 12.1.